The van der Waals surface area contributed by atoms with Gasteiger partial charge in [-0.1, -0.05) is 42.5 Å². The molecule has 2 saturated heterocycles. The molecule has 3 atom stereocenters. The lowest BCUT2D eigenvalue weighted by Crippen LogP contribution is -2.67. The van der Waals surface area contributed by atoms with Crippen LogP contribution in [0.3, 0.4) is 0 Å². The standard InChI is InChI=1S/C30H36N4O2/c1-32(2)30(36)26-13-9-24(10-14-26)23-7-11-25(12-8-23)29-27-20-33(19-22-6-5-15-31-18-22)16-3-4-17-34(27)28(29)21-35/h5-15,18,27-29,35H,3-4,16-17,19-21H2,1-2H3/t27-,28-,29+/m1/s1. The summed E-state index contributed by atoms with van der Waals surface area (Å²) in [5.74, 6) is 0.330. The number of carbonyl (C=O) groups is 1. The number of nitrogens with zero attached hydrogens (tertiary/aromatic N) is 4. The van der Waals surface area contributed by atoms with Crippen molar-refractivity contribution >= 4 is 5.91 Å². The van der Waals surface area contributed by atoms with Crippen molar-refractivity contribution in [3.63, 3.8) is 0 Å². The quantitative estimate of drug-likeness (QED) is 0.576. The second kappa shape index (κ2) is 10.9. The monoisotopic (exact) mass is 484 g/mol. The summed E-state index contributed by atoms with van der Waals surface area (Å²) in [6.07, 6.45) is 6.13. The Kier molecular flexibility index (Phi) is 7.46. The highest BCUT2D eigenvalue weighted by Gasteiger charge is 2.49. The predicted molar refractivity (Wildman–Crippen MR) is 143 cm³/mol. The summed E-state index contributed by atoms with van der Waals surface area (Å²) in [6.45, 7) is 4.26. The minimum Gasteiger partial charge on any atom is -0.395 e. The van der Waals surface area contributed by atoms with Crippen LogP contribution >= 0.6 is 0 Å². The third-order valence-corrected chi connectivity index (χ3v) is 7.75. The third kappa shape index (κ3) is 5.07. The molecular weight excluding hydrogens is 448 g/mol. The number of benzene rings is 2. The van der Waals surface area contributed by atoms with Crippen LogP contribution < -0.4 is 0 Å². The first kappa shape index (κ1) is 24.6. The summed E-state index contributed by atoms with van der Waals surface area (Å²) in [7, 11) is 3.54. The van der Waals surface area contributed by atoms with Crippen LogP contribution in [0.2, 0.25) is 0 Å². The van der Waals surface area contributed by atoms with Gasteiger partial charge in [-0.05, 0) is 66.4 Å². The van der Waals surface area contributed by atoms with Crippen LogP contribution in [0, 0.1) is 0 Å². The predicted octanol–water partition coefficient (Wildman–Crippen LogP) is 3.88. The Labute approximate surface area is 214 Å². The molecule has 1 N–H and O–H groups in total. The second-order valence-electron chi connectivity index (χ2n) is 10.3. The first-order chi connectivity index (χ1) is 17.5. The fourth-order valence-electron chi connectivity index (χ4n) is 5.87. The number of carbonyl (C=O) groups excluding carboxylic acids is 1. The Morgan fingerprint density at radius 1 is 1.00 bits per heavy atom. The number of aromatic nitrogens is 1. The van der Waals surface area contributed by atoms with Crippen molar-refractivity contribution in [2.45, 2.75) is 37.4 Å². The fraction of sp³-hybridized carbons (Fsp3) is 0.400. The largest absolute Gasteiger partial charge is 0.395 e. The molecule has 0 spiro atoms. The van der Waals surface area contributed by atoms with Crippen LogP contribution in [-0.2, 0) is 6.54 Å². The number of fused-ring (bicyclic) bond motifs is 1. The minimum absolute atomic E-state index is 0.0123. The number of rotatable bonds is 6. The van der Waals surface area contributed by atoms with E-state index in [2.05, 4.69) is 45.1 Å². The Bertz CT molecular complexity index is 1150. The molecule has 188 valence electrons. The number of hydrogen-bond acceptors (Lipinski definition) is 5. The van der Waals surface area contributed by atoms with E-state index in [1.54, 1.807) is 19.0 Å². The summed E-state index contributed by atoms with van der Waals surface area (Å²) in [6, 6.07) is 21.3. The first-order valence-corrected chi connectivity index (χ1v) is 12.9. The van der Waals surface area contributed by atoms with Crippen molar-refractivity contribution < 1.29 is 9.90 Å². The van der Waals surface area contributed by atoms with Crippen LogP contribution in [0.25, 0.3) is 11.1 Å². The van der Waals surface area contributed by atoms with Gasteiger partial charge >= 0.3 is 0 Å². The highest BCUT2D eigenvalue weighted by atomic mass is 16.3. The van der Waals surface area contributed by atoms with Crippen molar-refractivity contribution in [1.29, 1.82) is 0 Å². The van der Waals surface area contributed by atoms with Gasteiger partial charge < -0.3 is 10.0 Å². The number of aliphatic hydroxyl groups is 1. The summed E-state index contributed by atoms with van der Waals surface area (Å²) in [4.78, 5) is 23.2. The molecule has 2 aliphatic rings. The van der Waals surface area contributed by atoms with Gasteiger partial charge in [0.2, 0.25) is 0 Å². The van der Waals surface area contributed by atoms with Gasteiger partial charge in [0.1, 0.15) is 0 Å². The van der Waals surface area contributed by atoms with E-state index in [1.807, 2.05) is 42.7 Å². The van der Waals surface area contributed by atoms with E-state index in [1.165, 1.54) is 17.5 Å². The van der Waals surface area contributed by atoms with Gasteiger partial charge in [0.05, 0.1) is 6.61 Å². The topological polar surface area (TPSA) is 59.9 Å². The van der Waals surface area contributed by atoms with Gasteiger partial charge in [0.25, 0.3) is 5.91 Å². The molecule has 0 saturated carbocycles. The van der Waals surface area contributed by atoms with Gasteiger partial charge in [-0.15, -0.1) is 0 Å². The molecule has 1 aromatic heterocycles. The van der Waals surface area contributed by atoms with Crippen LogP contribution in [0.4, 0.5) is 0 Å². The van der Waals surface area contributed by atoms with E-state index in [-0.39, 0.29) is 18.6 Å². The Morgan fingerprint density at radius 3 is 2.33 bits per heavy atom. The zero-order valence-electron chi connectivity index (χ0n) is 21.3. The maximum Gasteiger partial charge on any atom is 0.253 e. The number of amides is 1. The molecule has 0 aliphatic carbocycles. The first-order valence-electron chi connectivity index (χ1n) is 12.9. The van der Waals surface area contributed by atoms with Gasteiger partial charge in [-0.25, -0.2) is 0 Å². The van der Waals surface area contributed by atoms with E-state index in [0.29, 0.717) is 17.5 Å². The molecule has 36 heavy (non-hydrogen) atoms. The van der Waals surface area contributed by atoms with Crippen LogP contribution in [0.1, 0.15) is 40.2 Å². The van der Waals surface area contributed by atoms with Gasteiger partial charge in [0.15, 0.2) is 0 Å². The molecule has 6 heteroatoms. The van der Waals surface area contributed by atoms with Gasteiger partial charge in [0, 0.05) is 63.1 Å². The van der Waals surface area contributed by atoms with E-state index in [0.717, 1.165) is 43.7 Å². The number of hydrogen-bond donors (Lipinski definition) is 1. The summed E-state index contributed by atoms with van der Waals surface area (Å²) >= 11 is 0. The highest BCUT2D eigenvalue weighted by Crippen LogP contribution is 2.42. The van der Waals surface area contributed by atoms with Crippen LogP contribution in [0.15, 0.2) is 73.1 Å². The molecule has 0 unspecified atom stereocenters. The lowest BCUT2D eigenvalue weighted by atomic mass is 9.74. The zero-order chi connectivity index (χ0) is 25.1. The Morgan fingerprint density at radius 2 is 1.69 bits per heavy atom. The van der Waals surface area contributed by atoms with Crippen LogP contribution in [-0.4, -0.2) is 83.1 Å². The molecular formula is C30H36N4O2. The van der Waals surface area contributed by atoms with Crippen molar-refractivity contribution in [1.82, 2.24) is 19.7 Å². The molecule has 0 radical (unpaired) electrons. The van der Waals surface area contributed by atoms with Crippen molar-refractivity contribution in [2.75, 3.05) is 40.3 Å². The third-order valence-electron chi connectivity index (χ3n) is 7.75. The molecule has 0 bridgehead atoms. The van der Waals surface area contributed by atoms with Crippen molar-refractivity contribution in [3.8, 4) is 11.1 Å². The van der Waals surface area contributed by atoms with Crippen molar-refractivity contribution in [2.24, 2.45) is 0 Å². The Balaban J connectivity index is 1.33. The maximum atomic E-state index is 12.2. The summed E-state index contributed by atoms with van der Waals surface area (Å²) in [5, 5.41) is 10.3. The Hall–Kier alpha value is -3.06. The number of aliphatic hydroxyl groups excluding tert-OH is 1. The molecule has 6 nitrogen and oxygen atoms in total. The SMILES string of the molecule is CN(C)C(=O)c1ccc(-c2ccc([C@@H]3[C@@H](CO)N4CCCCN(Cc5cccnc5)C[C@H]34)cc2)cc1. The highest BCUT2D eigenvalue weighted by molar-refractivity contribution is 5.94. The average Bonchev–Trinajstić information content (AvgIpc) is 2.89. The fourth-order valence-corrected chi connectivity index (χ4v) is 5.87. The second-order valence-corrected chi connectivity index (χ2v) is 10.3. The molecule has 1 amide bonds. The van der Waals surface area contributed by atoms with E-state index in [4.69, 9.17) is 0 Å². The molecule has 5 rings (SSSR count). The van der Waals surface area contributed by atoms with Crippen LogP contribution in [0.5, 0.6) is 0 Å². The smallest absolute Gasteiger partial charge is 0.253 e. The van der Waals surface area contributed by atoms with E-state index < -0.39 is 0 Å². The molecule has 3 heterocycles. The van der Waals surface area contributed by atoms with Gasteiger partial charge in [-0.2, -0.15) is 0 Å². The summed E-state index contributed by atoms with van der Waals surface area (Å²) < 4.78 is 0. The lowest BCUT2D eigenvalue weighted by molar-refractivity contribution is -0.0655. The van der Waals surface area contributed by atoms with Gasteiger partial charge in [-0.3, -0.25) is 19.6 Å². The summed E-state index contributed by atoms with van der Waals surface area (Å²) in [5.41, 5.74) is 5.47. The van der Waals surface area contributed by atoms with E-state index in [9.17, 15) is 9.90 Å². The molecule has 2 fully saturated rings. The minimum atomic E-state index is 0.0123. The maximum absolute atomic E-state index is 12.2. The normalized spacial score (nSPS) is 22.7. The number of pyridine rings is 1. The lowest BCUT2D eigenvalue weighted by Gasteiger charge is -2.57. The molecule has 2 aromatic carbocycles. The average molecular weight is 485 g/mol. The zero-order valence-corrected chi connectivity index (χ0v) is 21.3. The van der Waals surface area contributed by atoms with Crippen molar-refractivity contribution in [3.05, 3.63) is 89.7 Å². The molecule has 3 aromatic rings. The van der Waals surface area contributed by atoms with E-state index >= 15 is 0 Å². The molecule has 2 aliphatic heterocycles.